The molecule has 0 spiro atoms. The van der Waals surface area contributed by atoms with E-state index in [0.29, 0.717) is 22.6 Å². The number of ether oxygens (including phenoxy) is 2. The van der Waals surface area contributed by atoms with E-state index in [0.717, 1.165) is 0 Å². The highest BCUT2D eigenvalue weighted by Crippen LogP contribution is 2.29. The third-order valence-corrected chi connectivity index (χ3v) is 2.76. The van der Waals surface area contributed by atoms with Gasteiger partial charge in [0.15, 0.2) is 0 Å². The Morgan fingerprint density at radius 2 is 1.68 bits per heavy atom. The number of hydrogen-bond acceptors (Lipinski definition) is 4. The summed E-state index contributed by atoms with van der Waals surface area (Å²) in [5, 5.41) is 0. The molecule has 4 nitrogen and oxygen atoms in total. The summed E-state index contributed by atoms with van der Waals surface area (Å²) in [6.45, 7) is 7.59. The molecule has 1 aromatic carbocycles. The van der Waals surface area contributed by atoms with Gasteiger partial charge in [0.2, 0.25) is 5.88 Å². The molecule has 0 saturated heterocycles. The molecule has 120 valence electrons. The molecule has 0 bridgehead atoms. The van der Waals surface area contributed by atoms with E-state index >= 15 is 0 Å². The number of rotatable bonds is 4. The zero-order valence-electron chi connectivity index (χ0n) is 12.7. The molecule has 2 rings (SSSR count). The van der Waals surface area contributed by atoms with Crippen molar-refractivity contribution in [3.8, 4) is 11.6 Å². The SMILES string of the molecule is CC(C)Oc1nc2cc(OC(F)(F)F)ccc2nc1C(C)C. The Labute approximate surface area is 126 Å². The first-order chi connectivity index (χ1) is 10.2. The zero-order valence-corrected chi connectivity index (χ0v) is 12.7. The summed E-state index contributed by atoms with van der Waals surface area (Å²) in [5.41, 5.74) is 1.46. The van der Waals surface area contributed by atoms with E-state index in [1.165, 1.54) is 18.2 Å². The van der Waals surface area contributed by atoms with Gasteiger partial charge in [0.1, 0.15) is 11.4 Å². The molecule has 0 aliphatic carbocycles. The molecule has 2 aromatic rings. The van der Waals surface area contributed by atoms with Gasteiger partial charge in [-0.1, -0.05) is 13.8 Å². The topological polar surface area (TPSA) is 44.2 Å². The average molecular weight is 314 g/mol. The molecule has 0 atom stereocenters. The number of halogens is 3. The van der Waals surface area contributed by atoms with Gasteiger partial charge in [-0.3, -0.25) is 0 Å². The Morgan fingerprint density at radius 3 is 2.23 bits per heavy atom. The van der Waals surface area contributed by atoms with Crippen LogP contribution in [0.5, 0.6) is 11.6 Å². The van der Waals surface area contributed by atoms with E-state index in [-0.39, 0.29) is 17.8 Å². The lowest BCUT2D eigenvalue weighted by Crippen LogP contribution is -2.17. The lowest BCUT2D eigenvalue weighted by Gasteiger charge is -2.16. The van der Waals surface area contributed by atoms with Crippen LogP contribution in [-0.4, -0.2) is 22.4 Å². The van der Waals surface area contributed by atoms with Crippen LogP contribution in [0.25, 0.3) is 11.0 Å². The highest BCUT2D eigenvalue weighted by atomic mass is 19.4. The normalized spacial score (nSPS) is 12.2. The van der Waals surface area contributed by atoms with E-state index in [4.69, 9.17) is 4.74 Å². The molecule has 0 fully saturated rings. The molecule has 0 saturated carbocycles. The van der Waals surface area contributed by atoms with E-state index in [1.54, 1.807) is 0 Å². The van der Waals surface area contributed by atoms with Gasteiger partial charge in [0, 0.05) is 12.0 Å². The quantitative estimate of drug-likeness (QED) is 0.837. The summed E-state index contributed by atoms with van der Waals surface area (Å²) in [6.07, 6.45) is -4.85. The maximum Gasteiger partial charge on any atom is 0.573 e. The smallest absolute Gasteiger partial charge is 0.474 e. The largest absolute Gasteiger partial charge is 0.573 e. The highest BCUT2D eigenvalue weighted by molar-refractivity contribution is 5.76. The van der Waals surface area contributed by atoms with Gasteiger partial charge in [-0.15, -0.1) is 13.2 Å². The lowest BCUT2D eigenvalue weighted by atomic mass is 10.1. The van der Waals surface area contributed by atoms with E-state index in [9.17, 15) is 13.2 Å². The predicted octanol–water partition coefficient (Wildman–Crippen LogP) is 4.44. The highest BCUT2D eigenvalue weighted by Gasteiger charge is 2.31. The van der Waals surface area contributed by atoms with Crippen molar-refractivity contribution < 1.29 is 22.6 Å². The van der Waals surface area contributed by atoms with Gasteiger partial charge in [0.25, 0.3) is 0 Å². The summed E-state index contributed by atoms with van der Waals surface area (Å²) in [6, 6.07) is 3.87. The van der Waals surface area contributed by atoms with Crippen LogP contribution in [-0.2, 0) is 0 Å². The van der Waals surface area contributed by atoms with Gasteiger partial charge in [-0.25, -0.2) is 9.97 Å². The lowest BCUT2D eigenvalue weighted by molar-refractivity contribution is -0.274. The van der Waals surface area contributed by atoms with Crippen molar-refractivity contribution in [2.45, 2.75) is 46.1 Å². The summed E-state index contributed by atoms with van der Waals surface area (Å²) >= 11 is 0. The molecule has 7 heteroatoms. The van der Waals surface area contributed by atoms with Crippen molar-refractivity contribution in [3.05, 3.63) is 23.9 Å². The zero-order chi connectivity index (χ0) is 16.5. The standard InChI is InChI=1S/C15H17F3N2O2/c1-8(2)13-14(21-9(3)4)20-12-7-10(22-15(16,17)18)5-6-11(12)19-13/h5-9H,1-4H3. The van der Waals surface area contributed by atoms with Crippen molar-refractivity contribution in [1.29, 1.82) is 0 Å². The Kier molecular flexibility index (Phi) is 4.44. The molecular formula is C15H17F3N2O2. The van der Waals surface area contributed by atoms with Crippen molar-refractivity contribution in [2.24, 2.45) is 0 Å². The monoisotopic (exact) mass is 314 g/mol. The van der Waals surface area contributed by atoms with Crippen LogP contribution in [0.15, 0.2) is 18.2 Å². The van der Waals surface area contributed by atoms with Gasteiger partial charge in [-0.05, 0) is 26.0 Å². The maximum atomic E-state index is 12.3. The Bertz CT molecular complexity index is 670. The molecule has 1 heterocycles. The van der Waals surface area contributed by atoms with Crippen LogP contribution >= 0.6 is 0 Å². The molecule has 0 aliphatic heterocycles. The number of benzene rings is 1. The number of alkyl halides is 3. The Morgan fingerprint density at radius 1 is 1.00 bits per heavy atom. The maximum absolute atomic E-state index is 12.3. The molecule has 22 heavy (non-hydrogen) atoms. The van der Waals surface area contributed by atoms with Gasteiger partial charge in [0.05, 0.1) is 17.1 Å². The Hall–Kier alpha value is -2.05. The van der Waals surface area contributed by atoms with Gasteiger partial charge >= 0.3 is 6.36 Å². The molecule has 1 aromatic heterocycles. The van der Waals surface area contributed by atoms with Crippen LogP contribution in [0.1, 0.15) is 39.3 Å². The summed E-state index contributed by atoms with van der Waals surface area (Å²) in [5.74, 6) is 0.0838. The molecule has 0 unspecified atom stereocenters. The van der Waals surface area contributed by atoms with Gasteiger partial charge in [-0.2, -0.15) is 0 Å². The minimum atomic E-state index is -4.74. The van der Waals surface area contributed by atoms with E-state index < -0.39 is 6.36 Å². The first kappa shape index (κ1) is 16.3. The fourth-order valence-electron chi connectivity index (χ4n) is 1.91. The van der Waals surface area contributed by atoms with Crippen LogP contribution in [0, 0.1) is 0 Å². The summed E-state index contributed by atoms with van der Waals surface area (Å²) in [7, 11) is 0. The van der Waals surface area contributed by atoms with Crippen molar-refractivity contribution in [2.75, 3.05) is 0 Å². The average Bonchev–Trinajstić information content (AvgIpc) is 2.34. The third-order valence-electron chi connectivity index (χ3n) is 2.76. The van der Waals surface area contributed by atoms with Crippen LogP contribution in [0.2, 0.25) is 0 Å². The van der Waals surface area contributed by atoms with Crippen LogP contribution in [0.3, 0.4) is 0 Å². The number of fused-ring (bicyclic) bond motifs is 1. The van der Waals surface area contributed by atoms with Crippen molar-refractivity contribution in [3.63, 3.8) is 0 Å². The third kappa shape index (κ3) is 3.99. The van der Waals surface area contributed by atoms with Crippen molar-refractivity contribution in [1.82, 2.24) is 9.97 Å². The second-order valence-electron chi connectivity index (χ2n) is 5.43. The predicted molar refractivity (Wildman–Crippen MR) is 76.1 cm³/mol. The molecular weight excluding hydrogens is 297 g/mol. The minimum absolute atomic E-state index is 0.0803. The van der Waals surface area contributed by atoms with Gasteiger partial charge < -0.3 is 9.47 Å². The fraction of sp³-hybridized carbons (Fsp3) is 0.467. The van der Waals surface area contributed by atoms with E-state index in [2.05, 4.69) is 14.7 Å². The van der Waals surface area contributed by atoms with Crippen molar-refractivity contribution >= 4 is 11.0 Å². The molecule has 0 radical (unpaired) electrons. The molecule has 0 amide bonds. The molecule has 0 N–H and O–H groups in total. The number of hydrogen-bond donors (Lipinski definition) is 0. The minimum Gasteiger partial charge on any atom is -0.474 e. The summed E-state index contributed by atoms with van der Waals surface area (Å²) < 4.78 is 46.4. The molecule has 0 aliphatic rings. The first-order valence-electron chi connectivity index (χ1n) is 6.90. The van der Waals surface area contributed by atoms with Crippen LogP contribution < -0.4 is 9.47 Å². The number of aromatic nitrogens is 2. The second kappa shape index (κ2) is 5.98. The fourth-order valence-corrected chi connectivity index (χ4v) is 1.91. The second-order valence-corrected chi connectivity index (χ2v) is 5.43. The van der Waals surface area contributed by atoms with E-state index in [1.807, 2.05) is 27.7 Å². The Balaban J connectivity index is 2.50. The van der Waals surface area contributed by atoms with Crippen LogP contribution in [0.4, 0.5) is 13.2 Å². The first-order valence-corrected chi connectivity index (χ1v) is 6.90. The summed E-state index contributed by atoms with van der Waals surface area (Å²) in [4.78, 5) is 8.74. The number of nitrogens with zero attached hydrogens (tertiary/aromatic N) is 2.